The minimum absolute atomic E-state index is 0.816. The number of benzene rings is 1. The Morgan fingerprint density at radius 2 is 1.93 bits per heavy atom. The third-order valence-electron chi connectivity index (χ3n) is 2.19. The molecule has 0 saturated heterocycles. The van der Waals surface area contributed by atoms with Crippen LogP contribution in [-0.4, -0.2) is 4.98 Å². The van der Waals surface area contributed by atoms with Crippen LogP contribution in [0.5, 0.6) is 0 Å². The summed E-state index contributed by atoms with van der Waals surface area (Å²) in [5, 5.41) is 3.07. The van der Waals surface area contributed by atoms with Crippen LogP contribution in [0.15, 0.2) is 30.6 Å². The molecule has 1 aromatic heterocycles. The molecule has 80 valence electrons. The molecule has 0 fully saturated rings. The first kappa shape index (κ1) is 12.0. The number of rotatable bonds is 1. The van der Waals surface area contributed by atoms with Crippen molar-refractivity contribution in [3.63, 3.8) is 0 Å². The molecule has 0 bridgehead atoms. The van der Waals surface area contributed by atoms with Crippen LogP contribution in [0, 0.1) is 0 Å². The first-order valence-electron chi connectivity index (χ1n) is 5.34. The van der Waals surface area contributed by atoms with Gasteiger partial charge in [0.05, 0.1) is 0 Å². The lowest BCUT2D eigenvalue weighted by Gasteiger charge is -2.04. The van der Waals surface area contributed by atoms with Crippen LogP contribution >= 0.6 is 11.6 Å². The molecule has 0 unspecified atom stereocenters. The molecule has 1 aromatic carbocycles. The van der Waals surface area contributed by atoms with E-state index in [1.165, 1.54) is 5.56 Å². The van der Waals surface area contributed by atoms with Crippen LogP contribution in [0.4, 0.5) is 0 Å². The van der Waals surface area contributed by atoms with Gasteiger partial charge in [-0.05, 0) is 18.1 Å². The summed E-state index contributed by atoms with van der Waals surface area (Å²) in [5.41, 5.74) is 1.21. The number of fused-ring (bicyclic) bond motifs is 1. The van der Waals surface area contributed by atoms with Gasteiger partial charge in [-0.15, -0.1) is 0 Å². The minimum atomic E-state index is 0.816. The van der Waals surface area contributed by atoms with Crippen LogP contribution in [0.2, 0.25) is 5.02 Å². The Labute approximate surface area is 96.1 Å². The Kier molecular flexibility index (Phi) is 4.57. The second-order valence-corrected chi connectivity index (χ2v) is 3.40. The molecule has 0 aliphatic rings. The highest BCUT2D eigenvalue weighted by Gasteiger charge is 2.02. The highest BCUT2D eigenvalue weighted by molar-refractivity contribution is 6.35. The Bertz CT molecular complexity index is 432. The van der Waals surface area contributed by atoms with Gasteiger partial charge in [0, 0.05) is 28.2 Å². The van der Waals surface area contributed by atoms with Crippen LogP contribution in [0.25, 0.3) is 10.8 Å². The van der Waals surface area contributed by atoms with E-state index in [1.54, 1.807) is 0 Å². The molecule has 0 radical (unpaired) electrons. The highest BCUT2D eigenvalue weighted by Crippen LogP contribution is 2.25. The van der Waals surface area contributed by atoms with Crippen LogP contribution in [-0.2, 0) is 6.42 Å². The van der Waals surface area contributed by atoms with Gasteiger partial charge >= 0.3 is 0 Å². The zero-order valence-corrected chi connectivity index (χ0v) is 10.2. The molecule has 0 spiro atoms. The van der Waals surface area contributed by atoms with Crippen molar-refractivity contribution in [1.29, 1.82) is 0 Å². The van der Waals surface area contributed by atoms with Gasteiger partial charge in [-0.1, -0.05) is 44.5 Å². The molecule has 15 heavy (non-hydrogen) atoms. The Morgan fingerprint density at radius 3 is 2.60 bits per heavy atom. The van der Waals surface area contributed by atoms with Crippen molar-refractivity contribution in [3.05, 3.63) is 41.2 Å². The average Bonchev–Trinajstić information content (AvgIpc) is 2.31. The lowest BCUT2D eigenvalue weighted by Crippen LogP contribution is -1.86. The maximum absolute atomic E-state index is 6.11. The zero-order valence-electron chi connectivity index (χ0n) is 9.42. The Balaban J connectivity index is 0.000000531. The van der Waals surface area contributed by atoms with E-state index in [0.29, 0.717) is 0 Å². The fraction of sp³-hybridized carbons (Fsp3) is 0.308. The Hall–Kier alpha value is -1.08. The van der Waals surface area contributed by atoms with E-state index in [1.807, 2.05) is 44.4 Å². The molecule has 0 N–H and O–H groups in total. The SMILES string of the molecule is CC.CCc1cncc2cccc(Cl)c12. The molecule has 0 aliphatic carbocycles. The predicted octanol–water partition coefficient (Wildman–Crippen LogP) is 4.48. The van der Waals surface area contributed by atoms with E-state index < -0.39 is 0 Å². The van der Waals surface area contributed by atoms with Crippen molar-refractivity contribution in [3.8, 4) is 0 Å². The number of pyridine rings is 1. The smallest absolute Gasteiger partial charge is 0.0488 e. The number of nitrogens with zero attached hydrogens (tertiary/aromatic N) is 1. The van der Waals surface area contributed by atoms with Gasteiger partial charge in [0.15, 0.2) is 0 Å². The molecule has 1 nitrogen and oxygen atoms in total. The summed E-state index contributed by atoms with van der Waals surface area (Å²) in [7, 11) is 0. The number of hydrogen-bond acceptors (Lipinski definition) is 1. The standard InChI is InChI=1S/C11H10ClN.C2H6/c1-2-8-6-13-7-9-4-3-5-10(12)11(8)9;1-2/h3-7H,2H2,1H3;1-2H3. The second-order valence-electron chi connectivity index (χ2n) is 2.99. The molecule has 0 saturated carbocycles. The fourth-order valence-electron chi connectivity index (χ4n) is 1.53. The molecule has 0 atom stereocenters. The third kappa shape index (κ3) is 2.48. The third-order valence-corrected chi connectivity index (χ3v) is 2.51. The van der Waals surface area contributed by atoms with Crippen molar-refractivity contribution in [2.24, 2.45) is 0 Å². The second kappa shape index (κ2) is 5.72. The highest BCUT2D eigenvalue weighted by atomic mass is 35.5. The monoisotopic (exact) mass is 221 g/mol. The van der Waals surface area contributed by atoms with E-state index in [9.17, 15) is 0 Å². The average molecular weight is 222 g/mol. The largest absolute Gasteiger partial charge is 0.264 e. The normalized spacial score (nSPS) is 9.60. The summed E-state index contributed by atoms with van der Waals surface area (Å²) in [4.78, 5) is 4.17. The summed E-state index contributed by atoms with van der Waals surface area (Å²) in [6.45, 7) is 6.11. The first-order chi connectivity index (χ1) is 7.33. The lowest BCUT2D eigenvalue weighted by atomic mass is 10.1. The predicted molar refractivity (Wildman–Crippen MR) is 67.5 cm³/mol. The quantitative estimate of drug-likeness (QED) is 0.692. The molecule has 2 rings (SSSR count). The van der Waals surface area contributed by atoms with E-state index in [2.05, 4.69) is 11.9 Å². The molecular formula is C13H16ClN. The molecule has 2 heteroatoms. The minimum Gasteiger partial charge on any atom is -0.264 e. The summed E-state index contributed by atoms with van der Waals surface area (Å²) in [5.74, 6) is 0. The number of halogens is 1. The summed E-state index contributed by atoms with van der Waals surface area (Å²) in [6.07, 6.45) is 4.70. The van der Waals surface area contributed by atoms with Crippen molar-refractivity contribution >= 4 is 22.4 Å². The first-order valence-corrected chi connectivity index (χ1v) is 5.72. The zero-order chi connectivity index (χ0) is 11.3. The number of aryl methyl sites for hydroxylation is 1. The number of aromatic nitrogens is 1. The van der Waals surface area contributed by atoms with Gasteiger partial charge in [-0.2, -0.15) is 0 Å². The van der Waals surface area contributed by atoms with Gasteiger partial charge in [0.1, 0.15) is 0 Å². The fourth-order valence-corrected chi connectivity index (χ4v) is 1.83. The van der Waals surface area contributed by atoms with E-state index >= 15 is 0 Å². The van der Waals surface area contributed by atoms with E-state index in [4.69, 9.17) is 11.6 Å². The van der Waals surface area contributed by atoms with E-state index in [0.717, 1.165) is 22.2 Å². The van der Waals surface area contributed by atoms with Gasteiger partial charge in [0.2, 0.25) is 0 Å². The topological polar surface area (TPSA) is 12.9 Å². The van der Waals surface area contributed by atoms with Gasteiger partial charge in [0.25, 0.3) is 0 Å². The van der Waals surface area contributed by atoms with Crippen molar-refractivity contribution in [2.75, 3.05) is 0 Å². The summed E-state index contributed by atoms with van der Waals surface area (Å²) < 4.78 is 0. The number of hydrogen-bond donors (Lipinski definition) is 0. The van der Waals surface area contributed by atoms with Crippen LogP contribution in [0.3, 0.4) is 0 Å². The van der Waals surface area contributed by atoms with Gasteiger partial charge in [-0.3, -0.25) is 4.98 Å². The molecular weight excluding hydrogens is 206 g/mol. The van der Waals surface area contributed by atoms with Crippen LogP contribution in [0.1, 0.15) is 26.3 Å². The van der Waals surface area contributed by atoms with Gasteiger partial charge in [-0.25, -0.2) is 0 Å². The van der Waals surface area contributed by atoms with Crippen molar-refractivity contribution < 1.29 is 0 Å². The summed E-state index contributed by atoms with van der Waals surface area (Å²) in [6, 6.07) is 5.90. The van der Waals surface area contributed by atoms with Crippen LogP contribution < -0.4 is 0 Å². The lowest BCUT2D eigenvalue weighted by molar-refractivity contribution is 1.13. The molecule has 2 aromatic rings. The molecule has 0 aliphatic heterocycles. The van der Waals surface area contributed by atoms with Gasteiger partial charge < -0.3 is 0 Å². The molecule has 1 heterocycles. The van der Waals surface area contributed by atoms with Crippen molar-refractivity contribution in [2.45, 2.75) is 27.2 Å². The maximum atomic E-state index is 6.11. The maximum Gasteiger partial charge on any atom is 0.0488 e. The summed E-state index contributed by atoms with van der Waals surface area (Å²) >= 11 is 6.11. The molecule has 0 amide bonds. The van der Waals surface area contributed by atoms with Crippen molar-refractivity contribution in [1.82, 2.24) is 4.98 Å². The van der Waals surface area contributed by atoms with E-state index in [-0.39, 0.29) is 0 Å². The Morgan fingerprint density at radius 1 is 1.20 bits per heavy atom.